The molecule has 2 aliphatic heterocycles. The lowest BCUT2D eigenvalue weighted by molar-refractivity contribution is -0.123. The number of rotatable bonds is 2. The second-order valence-electron chi connectivity index (χ2n) is 6.37. The number of anilines is 1. The second kappa shape index (κ2) is 6.04. The molecule has 0 saturated carbocycles. The van der Waals surface area contributed by atoms with Gasteiger partial charge in [-0.3, -0.25) is 14.5 Å². The topological polar surface area (TPSA) is 40.6 Å². The molecule has 2 aromatic carbocycles. The third-order valence-corrected chi connectivity index (χ3v) is 4.89. The Bertz CT molecular complexity index is 868. The maximum absolute atomic E-state index is 13.5. The number of benzene rings is 2. The summed E-state index contributed by atoms with van der Waals surface area (Å²) < 4.78 is 26.6. The van der Waals surface area contributed by atoms with Crippen LogP contribution in [-0.2, 0) is 22.6 Å². The number of fused-ring (bicyclic) bond motifs is 1. The molecule has 0 aliphatic carbocycles. The normalized spacial score (nSPS) is 20.9. The van der Waals surface area contributed by atoms with Crippen LogP contribution >= 0.6 is 0 Å². The maximum atomic E-state index is 13.5. The van der Waals surface area contributed by atoms with Gasteiger partial charge in [-0.2, -0.15) is 0 Å². The summed E-state index contributed by atoms with van der Waals surface area (Å²) in [4.78, 5) is 28.1. The van der Waals surface area contributed by atoms with Crippen molar-refractivity contribution in [3.8, 4) is 0 Å². The van der Waals surface area contributed by atoms with Crippen LogP contribution in [-0.4, -0.2) is 29.3 Å². The van der Waals surface area contributed by atoms with Gasteiger partial charge in [-0.25, -0.2) is 13.7 Å². The highest BCUT2D eigenvalue weighted by molar-refractivity contribution is 6.22. The smallest absolute Gasteiger partial charge is 0.251 e. The van der Waals surface area contributed by atoms with Crippen LogP contribution in [0.4, 0.5) is 14.5 Å². The highest BCUT2D eigenvalue weighted by atomic mass is 19.2. The predicted octanol–water partition coefficient (Wildman–Crippen LogP) is 2.66. The van der Waals surface area contributed by atoms with Gasteiger partial charge in [0.25, 0.3) is 5.91 Å². The Balaban J connectivity index is 1.58. The molecular weight excluding hydrogens is 326 g/mol. The fourth-order valence-corrected chi connectivity index (χ4v) is 3.58. The summed E-state index contributed by atoms with van der Waals surface area (Å²) in [5.41, 5.74) is 2.49. The van der Waals surface area contributed by atoms with Gasteiger partial charge in [0.1, 0.15) is 0 Å². The van der Waals surface area contributed by atoms with Crippen LogP contribution in [0.2, 0.25) is 0 Å². The minimum Gasteiger partial charge on any atom is -0.287 e. The lowest BCUT2D eigenvalue weighted by Gasteiger charge is -2.32. The molecule has 2 amide bonds. The Morgan fingerprint density at radius 3 is 2.48 bits per heavy atom. The average Bonchev–Trinajstić information content (AvgIpc) is 2.91. The highest BCUT2D eigenvalue weighted by Crippen LogP contribution is 2.29. The zero-order valence-electron chi connectivity index (χ0n) is 13.4. The van der Waals surface area contributed by atoms with Gasteiger partial charge in [0.05, 0.1) is 18.2 Å². The van der Waals surface area contributed by atoms with Gasteiger partial charge in [-0.05, 0) is 29.7 Å². The van der Waals surface area contributed by atoms with Crippen molar-refractivity contribution < 1.29 is 18.4 Å². The van der Waals surface area contributed by atoms with E-state index in [2.05, 4.69) is 6.07 Å². The van der Waals surface area contributed by atoms with Crippen LogP contribution in [0.15, 0.2) is 42.5 Å². The molecule has 2 heterocycles. The van der Waals surface area contributed by atoms with Gasteiger partial charge < -0.3 is 0 Å². The summed E-state index contributed by atoms with van der Waals surface area (Å²) in [6, 6.07) is 10.5. The van der Waals surface area contributed by atoms with Crippen LogP contribution in [0.3, 0.4) is 0 Å². The van der Waals surface area contributed by atoms with Crippen molar-refractivity contribution in [1.82, 2.24) is 4.90 Å². The van der Waals surface area contributed by atoms with Crippen LogP contribution in [0, 0.1) is 11.6 Å². The van der Waals surface area contributed by atoms with E-state index in [9.17, 15) is 18.4 Å². The first kappa shape index (κ1) is 15.9. The average molecular weight is 342 g/mol. The summed E-state index contributed by atoms with van der Waals surface area (Å²) in [7, 11) is 0. The Morgan fingerprint density at radius 1 is 0.960 bits per heavy atom. The molecule has 2 aliphatic rings. The molecule has 128 valence electrons. The Morgan fingerprint density at radius 2 is 1.72 bits per heavy atom. The second-order valence-corrected chi connectivity index (χ2v) is 6.37. The number of imide groups is 1. The molecule has 0 aromatic heterocycles. The minimum atomic E-state index is -1.08. The van der Waals surface area contributed by atoms with E-state index in [1.807, 2.05) is 23.1 Å². The largest absolute Gasteiger partial charge is 0.287 e. The molecule has 2 aromatic rings. The third-order valence-electron chi connectivity index (χ3n) is 4.89. The maximum Gasteiger partial charge on any atom is 0.251 e. The Kier molecular flexibility index (Phi) is 3.84. The predicted molar refractivity (Wildman–Crippen MR) is 87.8 cm³/mol. The zero-order chi connectivity index (χ0) is 17.6. The van der Waals surface area contributed by atoms with Gasteiger partial charge in [-0.15, -0.1) is 0 Å². The lowest BCUT2D eigenvalue weighted by Crippen LogP contribution is -2.44. The molecule has 0 spiro atoms. The first-order valence-corrected chi connectivity index (χ1v) is 8.17. The molecule has 1 fully saturated rings. The number of amides is 2. The molecule has 4 rings (SSSR count). The lowest BCUT2D eigenvalue weighted by atomic mass is 9.98. The Hall–Kier alpha value is -2.60. The van der Waals surface area contributed by atoms with Gasteiger partial charge >= 0.3 is 0 Å². The van der Waals surface area contributed by atoms with Gasteiger partial charge in [0.15, 0.2) is 11.6 Å². The number of carbonyl (C=O) groups is 2. The van der Waals surface area contributed by atoms with E-state index in [-0.39, 0.29) is 23.9 Å². The van der Waals surface area contributed by atoms with Crippen molar-refractivity contribution in [3.63, 3.8) is 0 Å². The van der Waals surface area contributed by atoms with E-state index in [1.165, 1.54) is 11.6 Å². The third kappa shape index (κ3) is 2.72. The highest BCUT2D eigenvalue weighted by Gasteiger charge is 2.43. The quantitative estimate of drug-likeness (QED) is 0.788. The summed E-state index contributed by atoms with van der Waals surface area (Å²) >= 11 is 0. The van der Waals surface area contributed by atoms with Crippen molar-refractivity contribution >= 4 is 17.5 Å². The SMILES string of the molecule is O=C1C[C@@H](N2CCc3ccccc3C2)C(=O)N1c1ccc(F)c(F)c1. The van der Waals surface area contributed by atoms with Crippen molar-refractivity contribution in [1.29, 1.82) is 0 Å². The van der Waals surface area contributed by atoms with Crippen LogP contribution in [0.1, 0.15) is 17.5 Å². The fraction of sp³-hybridized carbons (Fsp3) is 0.263. The summed E-state index contributed by atoms with van der Waals surface area (Å²) in [5, 5.41) is 0. The van der Waals surface area contributed by atoms with Crippen molar-refractivity contribution in [2.75, 3.05) is 11.4 Å². The summed E-state index contributed by atoms with van der Waals surface area (Å²) in [6.45, 7) is 1.29. The molecule has 0 radical (unpaired) electrons. The summed E-state index contributed by atoms with van der Waals surface area (Å²) in [6.07, 6.45) is 0.874. The first-order valence-electron chi connectivity index (χ1n) is 8.17. The number of halogens is 2. The molecule has 25 heavy (non-hydrogen) atoms. The van der Waals surface area contributed by atoms with Crippen molar-refractivity contribution in [3.05, 3.63) is 65.2 Å². The van der Waals surface area contributed by atoms with Crippen molar-refractivity contribution in [2.24, 2.45) is 0 Å². The molecule has 0 unspecified atom stereocenters. The summed E-state index contributed by atoms with van der Waals surface area (Å²) in [5.74, 6) is -2.85. The molecule has 4 nitrogen and oxygen atoms in total. The number of nitrogens with zero attached hydrogens (tertiary/aromatic N) is 2. The Labute approximate surface area is 143 Å². The van der Waals surface area contributed by atoms with E-state index in [1.54, 1.807) is 0 Å². The van der Waals surface area contributed by atoms with E-state index >= 15 is 0 Å². The molecule has 1 saturated heterocycles. The van der Waals surface area contributed by atoms with Gasteiger partial charge in [0, 0.05) is 19.2 Å². The fourth-order valence-electron chi connectivity index (χ4n) is 3.58. The molecule has 6 heteroatoms. The van der Waals surface area contributed by atoms with E-state index in [0.717, 1.165) is 29.0 Å². The van der Waals surface area contributed by atoms with Crippen LogP contribution in [0.5, 0.6) is 0 Å². The first-order chi connectivity index (χ1) is 12.0. The van der Waals surface area contributed by atoms with Crippen molar-refractivity contribution in [2.45, 2.75) is 25.4 Å². The van der Waals surface area contributed by atoms with E-state index in [0.29, 0.717) is 13.1 Å². The molecular formula is C19H16F2N2O2. The molecule has 0 bridgehead atoms. The van der Waals surface area contributed by atoms with E-state index < -0.39 is 17.7 Å². The van der Waals surface area contributed by atoms with Crippen LogP contribution in [0.25, 0.3) is 0 Å². The zero-order valence-corrected chi connectivity index (χ0v) is 13.4. The van der Waals surface area contributed by atoms with Crippen LogP contribution < -0.4 is 4.90 Å². The molecule has 0 N–H and O–H groups in total. The monoisotopic (exact) mass is 342 g/mol. The number of carbonyl (C=O) groups excluding carboxylic acids is 2. The number of hydrogen-bond donors (Lipinski definition) is 0. The van der Waals surface area contributed by atoms with Gasteiger partial charge in [-0.1, -0.05) is 24.3 Å². The van der Waals surface area contributed by atoms with Gasteiger partial charge in [0.2, 0.25) is 5.91 Å². The van der Waals surface area contributed by atoms with E-state index in [4.69, 9.17) is 0 Å². The standard InChI is InChI=1S/C19H16F2N2O2/c20-15-6-5-14(9-16(15)21)23-18(24)10-17(19(23)25)22-8-7-12-3-1-2-4-13(12)11-22/h1-6,9,17H,7-8,10-11H2/t17-/m1/s1. The number of hydrogen-bond acceptors (Lipinski definition) is 3. The molecule has 1 atom stereocenters. The minimum absolute atomic E-state index is 0.0556.